The van der Waals surface area contributed by atoms with Crippen LogP contribution in [0.1, 0.15) is 46.9 Å². The lowest BCUT2D eigenvalue weighted by atomic mass is 9.77. The molecular formula is C22H24N4O2. The van der Waals surface area contributed by atoms with Gasteiger partial charge in [0.2, 0.25) is 0 Å². The molecule has 2 N–H and O–H groups in total. The van der Waals surface area contributed by atoms with E-state index in [1.54, 1.807) is 19.3 Å². The van der Waals surface area contributed by atoms with Crippen molar-refractivity contribution in [3.8, 4) is 5.69 Å². The van der Waals surface area contributed by atoms with Crippen LogP contribution in [-0.2, 0) is 6.42 Å². The molecule has 0 atom stereocenters. The Bertz CT molecular complexity index is 970. The maximum atomic E-state index is 12.5. The van der Waals surface area contributed by atoms with Crippen molar-refractivity contribution in [2.24, 2.45) is 0 Å². The van der Waals surface area contributed by atoms with Gasteiger partial charge in [-0.05, 0) is 74.1 Å². The van der Waals surface area contributed by atoms with E-state index in [2.05, 4.69) is 27.5 Å². The highest BCUT2D eigenvalue weighted by Crippen LogP contribution is 2.31. The monoisotopic (exact) mass is 376 g/mol. The topological polar surface area (TPSA) is 80.0 Å². The van der Waals surface area contributed by atoms with Gasteiger partial charge in [-0.15, -0.1) is 0 Å². The summed E-state index contributed by atoms with van der Waals surface area (Å²) >= 11 is 0. The van der Waals surface area contributed by atoms with Crippen LogP contribution < -0.4 is 5.32 Å². The first-order chi connectivity index (χ1) is 13.4. The SMILES string of the molecule is Cc1cnc(C(=O)NC2CC(C)(O)C2)cc1Cc1ccc(-n2cccn2)cc1. The third-order valence-electron chi connectivity index (χ3n) is 5.25. The highest BCUT2D eigenvalue weighted by atomic mass is 16.3. The first-order valence-corrected chi connectivity index (χ1v) is 9.47. The molecule has 6 heteroatoms. The maximum absolute atomic E-state index is 12.5. The minimum atomic E-state index is -0.661. The zero-order valence-corrected chi connectivity index (χ0v) is 16.1. The summed E-state index contributed by atoms with van der Waals surface area (Å²) in [4.78, 5) is 16.8. The molecule has 1 fully saturated rings. The predicted octanol–water partition coefficient (Wildman–Crippen LogP) is 2.81. The number of pyridine rings is 1. The van der Waals surface area contributed by atoms with Gasteiger partial charge in [-0.2, -0.15) is 5.10 Å². The highest BCUT2D eigenvalue weighted by molar-refractivity contribution is 5.92. The molecule has 0 spiro atoms. The van der Waals surface area contributed by atoms with Gasteiger partial charge in [0.05, 0.1) is 11.3 Å². The number of carbonyl (C=O) groups is 1. The van der Waals surface area contributed by atoms with Gasteiger partial charge >= 0.3 is 0 Å². The second-order valence-electron chi connectivity index (χ2n) is 7.87. The predicted molar refractivity (Wildman–Crippen MR) is 106 cm³/mol. The van der Waals surface area contributed by atoms with Crippen molar-refractivity contribution in [1.29, 1.82) is 0 Å². The van der Waals surface area contributed by atoms with Crippen LogP contribution in [0.25, 0.3) is 5.69 Å². The number of aryl methyl sites for hydroxylation is 1. The largest absolute Gasteiger partial charge is 0.390 e. The van der Waals surface area contributed by atoms with Crippen molar-refractivity contribution in [2.75, 3.05) is 0 Å². The normalized spacial score (nSPS) is 21.2. The molecule has 6 nitrogen and oxygen atoms in total. The zero-order chi connectivity index (χ0) is 19.7. The van der Waals surface area contributed by atoms with Crippen molar-refractivity contribution < 1.29 is 9.90 Å². The summed E-state index contributed by atoms with van der Waals surface area (Å²) in [5.74, 6) is -0.184. The Morgan fingerprint density at radius 3 is 2.71 bits per heavy atom. The van der Waals surface area contributed by atoms with Gasteiger partial charge in [0.15, 0.2) is 0 Å². The summed E-state index contributed by atoms with van der Waals surface area (Å²) in [6, 6.07) is 12.0. The molecule has 2 heterocycles. The fraction of sp³-hybridized carbons (Fsp3) is 0.318. The van der Waals surface area contributed by atoms with Crippen molar-refractivity contribution in [2.45, 2.75) is 44.8 Å². The molecule has 0 radical (unpaired) electrons. The summed E-state index contributed by atoms with van der Waals surface area (Å²) in [6.07, 6.45) is 7.31. The van der Waals surface area contributed by atoms with Gasteiger partial charge in [0, 0.05) is 24.6 Å². The Morgan fingerprint density at radius 2 is 2.07 bits per heavy atom. The number of nitrogens with one attached hydrogen (secondary N) is 1. The van der Waals surface area contributed by atoms with E-state index < -0.39 is 5.60 Å². The summed E-state index contributed by atoms with van der Waals surface area (Å²) < 4.78 is 1.82. The fourth-order valence-corrected chi connectivity index (χ4v) is 3.65. The fourth-order valence-electron chi connectivity index (χ4n) is 3.65. The smallest absolute Gasteiger partial charge is 0.270 e. The summed E-state index contributed by atoms with van der Waals surface area (Å²) in [7, 11) is 0. The van der Waals surface area contributed by atoms with Crippen LogP contribution in [0.3, 0.4) is 0 Å². The standard InChI is InChI=1S/C22H24N4O2/c1-15-14-23-20(21(27)25-18-12-22(2,28)13-18)11-17(15)10-16-4-6-19(7-5-16)26-9-3-8-24-26/h3-9,11,14,18,28H,10,12-13H2,1-2H3,(H,25,27). The molecule has 0 saturated heterocycles. The van der Waals surface area contributed by atoms with Crippen LogP contribution in [0.5, 0.6) is 0 Å². The van der Waals surface area contributed by atoms with E-state index >= 15 is 0 Å². The number of hydrogen-bond donors (Lipinski definition) is 2. The molecule has 1 aliphatic carbocycles. The Kier molecular flexibility index (Phi) is 4.73. The minimum Gasteiger partial charge on any atom is -0.390 e. The number of aromatic nitrogens is 3. The quantitative estimate of drug-likeness (QED) is 0.718. The van der Waals surface area contributed by atoms with E-state index in [1.165, 1.54) is 0 Å². The molecular weight excluding hydrogens is 352 g/mol. The summed E-state index contributed by atoms with van der Waals surface area (Å²) in [6.45, 7) is 3.79. The number of nitrogens with zero attached hydrogens (tertiary/aromatic N) is 3. The first-order valence-electron chi connectivity index (χ1n) is 9.47. The number of carbonyl (C=O) groups excluding carboxylic acids is 1. The molecule has 28 heavy (non-hydrogen) atoms. The lowest BCUT2D eigenvalue weighted by Gasteiger charge is -2.41. The number of rotatable bonds is 5. The second kappa shape index (κ2) is 7.20. The molecule has 2 aromatic heterocycles. The van der Waals surface area contributed by atoms with E-state index in [-0.39, 0.29) is 11.9 Å². The van der Waals surface area contributed by atoms with Crippen LogP contribution in [0.2, 0.25) is 0 Å². The molecule has 0 bridgehead atoms. The molecule has 1 saturated carbocycles. The average molecular weight is 376 g/mol. The maximum Gasteiger partial charge on any atom is 0.270 e. The molecule has 1 aliphatic rings. The van der Waals surface area contributed by atoms with Gasteiger partial charge in [-0.25, -0.2) is 4.68 Å². The lowest BCUT2D eigenvalue weighted by molar-refractivity contribution is -0.0367. The number of benzene rings is 1. The molecule has 0 unspecified atom stereocenters. The summed E-state index contributed by atoms with van der Waals surface area (Å²) in [5.41, 5.74) is 4.06. The van der Waals surface area contributed by atoms with Crippen LogP contribution in [-0.4, -0.2) is 37.4 Å². The van der Waals surface area contributed by atoms with E-state index in [4.69, 9.17) is 0 Å². The minimum absolute atomic E-state index is 0.0175. The highest BCUT2D eigenvalue weighted by Gasteiger charge is 2.39. The molecule has 0 aliphatic heterocycles. The van der Waals surface area contributed by atoms with Crippen LogP contribution in [0.15, 0.2) is 55.0 Å². The van der Waals surface area contributed by atoms with Gasteiger partial charge in [-0.3, -0.25) is 9.78 Å². The van der Waals surface area contributed by atoms with E-state index in [0.29, 0.717) is 18.5 Å². The van der Waals surface area contributed by atoms with Crippen molar-refractivity contribution in [3.63, 3.8) is 0 Å². The molecule has 1 aromatic carbocycles. The van der Waals surface area contributed by atoms with Gasteiger partial charge < -0.3 is 10.4 Å². The number of hydrogen-bond acceptors (Lipinski definition) is 4. The van der Waals surface area contributed by atoms with Gasteiger partial charge in [0.25, 0.3) is 5.91 Å². The Morgan fingerprint density at radius 1 is 1.32 bits per heavy atom. The Hall–Kier alpha value is -2.99. The number of amides is 1. The number of aliphatic hydroxyl groups is 1. The summed E-state index contributed by atoms with van der Waals surface area (Å²) in [5, 5.41) is 17.0. The second-order valence-corrected chi connectivity index (χ2v) is 7.87. The first kappa shape index (κ1) is 18.4. The van der Waals surface area contributed by atoms with E-state index in [0.717, 1.165) is 28.8 Å². The third-order valence-corrected chi connectivity index (χ3v) is 5.25. The molecule has 144 valence electrons. The Labute approximate surface area is 164 Å². The van der Waals surface area contributed by atoms with Crippen molar-refractivity contribution in [1.82, 2.24) is 20.1 Å². The van der Waals surface area contributed by atoms with Crippen molar-refractivity contribution >= 4 is 5.91 Å². The zero-order valence-electron chi connectivity index (χ0n) is 16.1. The van der Waals surface area contributed by atoms with Gasteiger partial charge in [0.1, 0.15) is 5.69 Å². The molecule has 4 rings (SSSR count). The van der Waals surface area contributed by atoms with E-state index in [9.17, 15) is 9.90 Å². The third kappa shape index (κ3) is 3.97. The molecule has 1 amide bonds. The Balaban J connectivity index is 1.46. The van der Waals surface area contributed by atoms with Crippen molar-refractivity contribution in [3.05, 3.63) is 77.4 Å². The van der Waals surface area contributed by atoms with Crippen LogP contribution in [0, 0.1) is 6.92 Å². The lowest BCUT2D eigenvalue weighted by Crippen LogP contribution is -2.53. The van der Waals surface area contributed by atoms with Crippen LogP contribution in [0.4, 0.5) is 0 Å². The average Bonchev–Trinajstić information content (AvgIpc) is 3.17. The van der Waals surface area contributed by atoms with Crippen LogP contribution >= 0.6 is 0 Å². The molecule has 3 aromatic rings. The van der Waals surface area contributed by atoms with Gasteiger partial charge in [-0.1, -0.05) is 12.1 Å². The van der Waals surface area contributed by atoms with E-state index in [1.807, 2.05) is 42.1 Å².